The fourth-order valence-corrected chi connectivity index (χ4v) is 0.928. The number of rotatable bonds is 2. The van der Waals surface area contributed by atoms with Gasteiger partial charge in [-0.2, -0.15) is 0 Å². The first-order valence-electron chi connectivity index (χ1n) is 5.37. The number of benzene rings is 1. The smallest absolute Gasteiger partial charge is 0.308 e. The third kappa shape index (κ3) is 8.55. The standard InChI is InChI=1S/C10H10O4.C2H6O2Si/c1-7(11)13-9-5-3-4-6-10(9)14-8(2)12;1-2(3)4-5/h3-6H,1-2H3;1,5H3. The molecule has 0 saturated heterocycles. The minimum atomic E-state index is -0.454. The van der Waals surface area contributed by atoms with Crippen LogP contribution in [0.3, 0.4) is 0 Å². The molecule has 19 heavy (non-hydrogen) atoms. The highest BCUT2D eigenvalue weighted by molar-refractivity contribution is 6.04. The van der Waals surface area contributed by atoms with E-state index in [-0.39, 0.29) is 17.5 Å². The lowest BCUT2D eigenvalue weighted by atomic mass is 10.3. The largest absolute Gasteiger partial charge is 0.529 e. The Morgan fingerprint density at radius 2 is 1.16 bits per heavy atom. The zero-order valence-electron chi connectivity index (χ0n) is 11.3. The van der Waals surface area contributed by atoms with E-state index in [1.165, 1.54) is 20.8 Å². The number of ether oxygens (including phenoxy) is 2. The second kappa shape index (κ2) is 8.87. The van der Waals surface area contributed by atoms with Crippen LogP contribution in [-0.4, -0.2) is 28.4 Å². The van der Waals surface area contributed by atoms with Crippen molar-refractivity contribution in [2.75, 3.05) is 0 Å². The van der Waals surface area contributed by atoms with E-state index in [0.29, 0.717) is 10.5 Å². The van der Waals surface area contributed by atoms with Gasteiger partial charge in [0.15, 0.2) is 11.5 Å². The molecule has 0 aromatic heterocycles. The first-order chi connectivity index (χ1) is 8.86. The maximum Gasteiger partial charge on any atom is 0.308 e. The summed E-state index contributed by atoms with van der Waals surface area (Å²) in [5, 5.41) is 0. The van der Waals surface area contributed by atoms with Crippen molar-refractivity contribution in [3.05, 3.63) is 24.3 Å². The third-order valence-corrected chi connectivity index (χ3v) is 2.22. The topological polar surface area (TPSA) is 78.9 Å². The third-order valence-electron chi connectivity index (χ3n) is 1.64. The van der Waals surface area contributed by atoms with Crippen molar-refractivity contribution in [3.63, 3.8) is 0 Å². The monoisotopic (exact) mass is 284 g/mol. The number of esters is 2. The minimum absolute atomic E-state index is 0.184. The highest BCUT2D eigenvalue weighted by Gasteiger charge is 2.07. The van der Waals surface area contributed by atoms with Crippen molar-refractivity contribution in [1.29, 1.82) is 0 Å². The Labute approximate surface area is 114 Å². The van der Waals surface area contributed by atoms with Crippen molar-refractivity contribution in [1.82, 2.24) is 0 Å². The van der Waals surface area contributed by atoms with Gasteiger partial charge in [-0.25, -0.2) is 0 Å². The van der Waals surface area contributed by atoms with E-state index < -0.39 is 11.9 Å². The van der Waals surface area contributed by atoms with Crippen LogP contribution in [0.25, 0.3) is 0 Å². The molecule has 0 N–H and O–H groups in total. The second-order valence-electron chi connectivity index (χ2n) is 3.33. The van der Waals surface area contributed by atoms with Crippen molar-refractivity contribution in [2.45, 2.75) is 20.8 Å². The van der Waals surface area contributed by atoms with Crippen molar-refractivity contribution < 1.29 is 28.3 Å². The zero-order chi connectivity index (χ0) is 14.8. The van der Waals surface area contributed by atoms with E-state index in [1.807, 2.05) is 0 Å². The molecule has 0 aliphatic rings. The molecule has 0 heterocycles. The molecule has 1 rings (SSSR count). The fourth-order valence-electron chi connectivity index (χ4n) is 0.928. The summed E-state index contributed by atoms with van der Waals surface area (Å²) in [5.41, 5.74) is 0. The Morgan fingerprint density at radius 3 is 1.37 bits per heavy atom. The molecule has 7 heteroatoms. The number of para-hydroxylation sites is 2. The number of carbonyl (C=O) groups is 3. The normalized spacial score (nSPS) is 8.79. The molecule has 0 bridgehead atoms. The molecule has 0 atom stereocenters. The quantitative estimate of drug-likeness (QED) is 0.443. The predicted molar refractivity (Wildman–Crippen MR) is 70.8 cm³/mol. The zero-order valence-corrected chi connectivity index (χ0v) is 13.3. The van der Waals surface area contributed by atoms with Crippen molar-refractivity contribution >= 4 is 28.4 Å². The summed E-state index contributed by atoms with van der Waals surface area (Å²) in [4.78, 5) is 31.0. The molecule has 0 spiro atoms. The van der Waals surface area contributed by atoms with Gasteiger partial charge in [0.25, 0.3) is 5.97 Å². The Bertz CT molecular complexity index is 422. The van der Waals surface area contributed by atoms with Gasteiger partial charge >= 0.3 is 11.9 Å². The van der Waals surface area contributed by atoms with Crippen LogP contribution in [0.4, 0.5) is 0 Å². The predicted octanol–water partition coefficient (Wildman–Crippen LogP) is 0.367. The van der Waals surface area contributed by atoms with Gasteiger partial charge in [0, 0.05) is 20.8 Å². The lowest BCUT2D eigenvalue weighted by Gasteiger charge is -2.06. The van der Waals surface area contributed by atoms with E-state index >= 15 is 0 Å². The molecule has 0 saturated carbocycles. The molecular formula is C12H16O6Si. The molecule has 6 nitrogen and oxygen atoms in total. The average molecular weight is 284 g/mol. The molecule has 1 aromatic carbocycles. The van der Waals surface area contributed by atoms with Crippen LogP contribution in [0.5, 0.6) is 11.5 Å². The van der Waals surface area contributed by atoms with Crippen LogP contribution in [0.1, 0.15) is 20.8 Å². The van der Waals surface area contributed by atoms with Crippen molar-refractivity contribution in [2.24, 2.45) is 0 Å². The van der Waals surface area contributed by atoms with Crippen molar-refractivity contribution in [3.8, 4) is 11.5 Å². The van der Waals surface area contributed by atoms with Crippen LogP contribution < -0.4 is 9.47 Å². The number of hydrogen-bond donors (Lipinski definition) is 0. The van der Waals surface area contributed by atoms with Crippen LogP contribution in [0, 0.1) is 0 Å². The van der Waals surface area contributed by atoms with Gasteiger partial charge in [-0.15, -0.1) is 0 Å². The van der Waals surface area contributed by atoms with Gasteiger partial charge in [0.05, 0.1) is 0 Å². The fraction of sp³-hybridized carbons (Fsp3) is 0.250. The first-order valence-corrected chi connectivity index (χ1v) is 6.19. The van der Waals surface area contributed by atoms with Gasteiger partial charge < -0.3 is 13.9 Å². The maximum atomic E-state index is 10.7. The molecule has 104 valence electrons. The van der Waals surface area contributed by atoms with E-state index in [2.05, 4.69) is 4.43 Å². The van der Waals surface area contributed by atoms with Crippen LogP contribution >= 0.6 is 0 Å². The summed E-state index contributed by atoms with van der Waals surface area (Å²) in [6.45, 7) is 3.96. The summed E-state index contributed by atoms with van der Waals surface area (Å²) in [6, 6.07) is 6.48. The van der Waals surface area contributed by atoms with Gasteiger partial charge in [-0.05, 0) is 12.1 Å². The molecule has 0 radical (unpaired) electrons. The number of carbonyl (C=O) groups excluding carboxylic acids is 3. The maximum absolute atomic E-state index is 10.7. The lowest BCUT2D eigenvalue weighted by Crippen LogP contribution is -2.06. The lowest BCUT2D eigenvalue weighted by molar-refractivity contribution is -0.134. The minimum Gasteiger partial charge on any atom is -0.529 e. The molecule has 0 amide bonds. The Balaban J connectivity index is 0.000000555. The Morgan fingerprint density at radius 1 is 0.842 bits per heavy atom. The van der Waals surface area contributed by atoms with Gasteiger partial charge in [0.1, 0.15) is 0 Å². The average Bonchev–Trinajstić information content (AvgIpc) is 2.31. The van der Waals surface area contributed by atoms with Crippen LogP contribution in [-0.2, 0) is 18.8 Å². The molecule has 0 unspecified atom stereocenters. The van der Waals surface area contributed by atoms with Gasteiger partial charge in [-0.3, -0.25) is 14.4 Å². The highest BCUT2D eigenvalue weighted by atomic mass is 28.2. The van der Waals surface area contributed by atoms with Crippen LogP contribution in [0.2, 0.25) is 0 Å². The highest BCUT2D eigenvalue weighted by Crippen LogP contribution is 2.26. The number of hydrogen-bond acceptors (Lipinski definition) is 6. The van der Waals surface area contributed by atoms with E-state index in [9.17, 15) is 14.4 Å². The van der Waals surface area contributed by atoms with Crippen LogP contribution in [0.15, 0.2) is 24.3 Å². The SMILES string of the molecule is CC(=O)O[SiH3].CC(=O)Oc1ccccc1OC(C)=O. The summed E-state index contributed by atoms with van der Waals surface area (Å²) < 4.78 is 13.9. The summed E-state index contributed by atoms with van der Waals surface area (Å²) in [5.74, 6) is -0.601. The first kappa shape index (κ1) is 16.8. The Hall–Kier alpha value is -2.15. The second-order valence-corrected chi connectivity index (χ2v) is 3.74. The van der Waals surface area contributed by atoms with E-state index in [0.717, 1.165) is 0 Å². The van der Waals surface area contributed by atoms with E-state index in [4.69, 9.17) is 9.47 Å². The summed E-state index contributed by atoms with van der Waals surface area (Å²) in [7, 11) is 0.524. The van der Waals surface area contributed by atoms with Gasteiger partial charge in [-0.1, -0.05) is 12.1 Å². The molecule has 0 aliphatic heterocycles. The summed E-state index contributed by atoms with van der Waals surface area (Å²) in [6.07, 6.45) is 0. The molecule has 1 aromatic rings. The van der Waals surface area contributed by atoms with E-state index in [1.54, 1.807) is 24.3 Å². The van der Waals surface area contributed by atoms with Gasteiger partial charge in [0.2, 0.25) is 10.5 Å². The summed E-state index contributed by atoms with van der Waals surface area (Å²) >= 11 is 0. The Kier molecular flexibility index (Phi) is 7.86. The molecular weight excluding hydrogens is 268 g/mol. The molecule has 0 fully saturated rings. The molecule has 0 aliphatic carbocycles.